The molecule has 0 saturated heterocycles. The Morgan fingerprint density at radius 3 is 2.16 bits per heavy atom. The average Bonchev–Trinajstić information content (AvgIpc) is 2.53. The third kappa shape index (κ3) is 8.19. The average molecular weight is 367 g/mol. The zero-order valence-corrected chi connectivity index (χ0v) is 17.1. The lowest BCUT2D eigenvalue weighted by molar-refractivity contribution is 0.394. The molecule has 4 heteroatoms. The molecule has 0 fully saturated rings. The Kier molecular flexibility index (Phi) is 8.87. The molecule has 0 heterocycles. The molecule has 1 N–H and O–H groups in total. The molecule has 3 nitrogen and oxygen atoms in total. The SMILES string of the molecule is CC(C)=CCCC(C)CCCC(C)C(C)c1ccc(S(=O)(=O)O)cc1. The van der Waals surface area contributed by atoms with Gasteiger partial charge in [0.05, 0.1) is 4.90 Å². The van der Waals surface area contributed by atoms with Gasteiger partial charge in [0.2, 0.25) is 0 Å². The van der Waals surface area contributed by atoms with Crippen molar-refractivity contribution in [2.24, 2.45) is 11.8 Å². The molecule has 0 spiro atoms. The van der Waals surface area contributed by atoms with Gasteiger partial charge in [-0.3, -0.25) is 4.55 Å². The lowest BCUT2D eigenvalue weighted by atomic mass is 9.84. The standard InChI is InChI=1S/C21H34O3S/c1-16(2)8-6-9-17(3)10-7-11-18(4)19(5)20-12-14-21(15-13-20)25(22,23)24/h8,12-15,17-19H,6-7,9-11H2,1-5H3,(H,22,23,24). The van der Waals surface area contributed by atoms with Crippen LogP contribution in [0.3, 0.4) is 0 Å². The predicted octanol–water partition coefficient (Wildman–Crippen LogP) is 6.23. The Bertz CT molecular complexity index is 640. The summed E-state index contributed by atoms with van der Waals surface area (Å²) in [6.07, 6.45) is 8.41. The van der Waals surface area contributed by atoms with Crippen molar-refractivity contribution in [3.8, 4) is 0 Å². The zero-order chi connectivity index (χ0) is 19.0. The van der Waals surface area contributed by atoms with E-state index in [0.29, 0.717) is 11.8 Å². The molecule has 0 saturated carbocycles. The lowest BCUT2D eigenvalue weighted by Gasteiger charge is -2.21. The van der Waals surface area contributed by atoms with Crippen molar-refractivity contribution >= 4 is 10.1 Å². The minimum atomic E-state index is -4.11. The molecule has 1 aromatic rings. The second-order valence-electron chi connectivity index (χ2n) is 7.70. The van der Waals surface area contributed by atoms with Gasteiger partial charge in [0.15, 0.2) is 0 Å². The maximum atomic E-state index is 11.1. The van der Waals surface area contributed by atoms with Gasteiger partial charge in [0, 0.05) is 0 Å². The smallest absolute Gasteiger partial charge is 0.282 e. The summed E-state index contributed by atoms with van der Waals surface area (Å²) in [4.78, 5) is -0.0405. The molecule has 0 bridgehead atoms. The second-order valence-corrected chi connectivity index (χ2v) is 9.13. The van der Waals surface area contributed by atoms with Gasteiger partial charge in [0.25, 0.3) is 10.1 Å². The first-order valence-electron chi connectivity index (χ1n) is 9.32. The fourth-order valence-electron chi connectivity index (χ4n) is 3.11. The van der Waals surface area contributed by atoms with Crippen LogP contribution in [0.5, 0.6) is 0 Å². The molecule has 0 aliphatic heterocycles. The van der Waals surface area contributed by atoms with Gasteiger partial charge in [-0.2, -0.15) is 8.42 Å². The van der Waals surface area contributed by atoms with E-state index in [0.717, 1.165) is 11.5 Å². The first kappa shape index (κ1) is 21.9. The fourth-order valence-corrected chi connectivity index (χ4v) is 3.59. The molecule has 0 amide bonds. The van der Waals surface area contributed by atoms with Crippen LogP contribution in [0.15, 0.2) is 40.8 Å². The van der Waals surface area contributed by atoms with Crippen LogP contribution in [-0.2, 0) is 10.1 Å². The van der Waals surface area contributed by atoms with Crippen molar-refractivity contribution in [2.75, 3.05) is 0 Å². The molecule has 3 unspecified atom stereocenters. The van der Waals surface area contributed by atoms with Crippen LogP contribution < -0.4 is 0 Å². The van der Waals surface area contributed by atoms with Crippen molar-refractivity contribution in [1.82, 2.24) is 0 Å². The highest BCUT2D eigenvalue weighted by atomic mass is 32.2. The highest BCUT2D eigenvalue weighted by molar-refractivity contribution is 7.85. The Morgan fingerprint density at radius 1 is 1.04 bits per heavy atom. The van der Waals surface area contributed by atoms with E-state index in [9.17, 15) is 8.42 Å². The van der Waals surface area contributed by atoms with Crippen molar-refractivity contribution in [3.05, 3.63) is 41.5 Å². The maximum absolute atomic E-state index is 11.1. The molecule has 0 radical (unpaired) electrons. The summed E-state index contributed by atoms with van der Waals surface area (Å²) >= 11 is 0. The van der Waals surface area contributed by atoms with Crippen molar-refractivity contribution in [2.45, 2.75) is 77.5 Å². The number of hydrogen-bond donors (Lipinski definition) is 1. The summed E-state index contributed by atoms with van der Waals surface area (Å²) in [6.45, 7) is 11.1. The van der Waals surface area contributed by atoms with Crippen LogP contribution in [0, 0.1) is 11.8 Å². The first-order chi connectivity index (χ1) is 11.6. The fraction of sp³-hybridized carbons (Fsp3) is 0.619. The van der Waals surface area contributed by atoms with E-state index in [1.165, 1.54) is 49.8 Å². The van der Waals surface area contributed by atoms with Crippen LogP contribution in [0.2, 0.25) is 0 Å². The van der Waals surface area contributed by atoms with Gasteiger partial charge >= 0.3 is 0 Å². The summed E-state index contributed by atoms with van der Waals surface area (Å²) < 4.78 is 31.3. The Labute approximate surface area is 154 Å². The zero-order valence-electron chi connectivity index (χ0n) is 16.3. The van der Waals surface area contributed by atoms with Gasteiger partial charge in [-0.15, -0.1) is 0 Å². The molecule has 0 aliphatic rings. The Balaban J connectivity index is 2.44. The van der Waals surface area contributed by atoms with Gasteiger partial charge in [-0.1, -0.05) is 63.8 Å². The van der Waals surface area contributed by atoms with Crippen LogP contribution >= 0.6 is 0 Å². The molecule has 0 aromatic heterocycles. The summed E-state index contributed by atoms with van der Waals surface area (Å²) in [5, 5.41) is 0. The van der Waals surface area contributed by atoms with E-state index >= 15 is 0 Å². The van der Waals surface area contributed by atoms with E-state index in [1.54, 1.807) is 0 Å². The molecule has 3 atom stereocenters. The molecule has 142 valence electrons. The van der Waals surface area contributed by atoms with Gasteiger partial charge in [0.1, 0.15) is 0 Å². The first-order valence-corrected chi connectivity index (χ1v) is 10.8. The summed E-state index contributed by atoms with van der Waals surface area (Å²) in [5.74, 6) is 1.67. The molecular formula is C21H34O3S. The number of benzene rings is 1. The van der Waals surface area contributed by atoms with Crippen LogP contribution in [-0.4, -0.2) is 13.0 Å². The lowest BCUT2D eigenvalue weighted by Crippen LogP contribution is -2.08. The highest BCUT2D eigenvalue weighted by Crippen LogP contribution is 2.29. The number of allylic oxidation sites excluding steroid dienone is 2. The van der Waals surface area contributed by atoms with Crippen LogP contribution in [0.1, 0.15) is 78.2 Å². The minimum absolute atomic E-state index is 0.0405. The maximum Gasteiger partial charge on any atom is 0.294 e. The molecule has 25 heavy (non-hydrogen) atoms. The normalized spacial score (nSPS) is 15.4. The third-order valence-corrected chi connectivity index (χ3v) is 5.99. The van der Waals surface area contributed by atoms with E-state index < -0.39 is 10.1 Å². The highest BCUT2D eigenvalue weighted by Gasteiger charge is 2.16. The van der Waals surface area contributed by atoms with Crippen LogP contribution in [0.25, 0.3) is 0 Å². The second kappa shape index (κ2) is 10.1. The third-order valence-electron chi connectivity index (χ3n) is 5.13. The minimum Gasteiger partial charge on any atom is -0.282 e. The number of hydrogen-bond acceptors (Lipinski definition) is 2. The molecular weight excluding hydrogens is 332 g/mol. The van der Waals surface area contributed by atoms with Crippen molar-refractivity contribution < 1.29 is 13.0 Å². The molecule has 0 aliphatic carbocycles. The Hall–Kier alpha value is -1.13. The predicted molar refractivity (Wildman–Crippen MR) is 106 cm³/mol. The summed E-state index contributed by atoms with van der Waals surface area (Å²) in [7, 11) is -4.11. The number of rotatable bonds is 10. The van der Waals surface area contributed by atoms with Gasteiger partial charge in [-0.25, -0.2) is 0 Å². The van der Waals surface area contributed by atoms with Gasteiger partial charge < -0.3 is 0 Å². The van der Waals surface area contributed by atoms with Gasteiger partial charge in [-0.05, 0) is 62.1 Å². The molecule has 1 rings (SSSR count). The van der Waals surface area contributed by atoms with Crippen molar-refractivity contribution in [1.29, 1.82) is 0 Å². The van der Waals surface area contributed by atoms with Crippen LogP contribution in [0.4, 0.5) is 0 Å². The summed E-state index contributed by atoms with van der Waals surface area (Å²) in [5.41, 5.74) is 2.52. The monoisotopic (exact) mass is 366 g/mol. The van der Waals surface area contributed by atoms with E-state index in [4.69, 9.17) is 4.55 Å². The largest absolute Gasteiger partial charge is 0.294 e. The Morgan fingerprint density at radius 2 is 1.64 bits per heavy atom. The topological polar surface area (TPSA) is 54.4 Å². The quantitative estimate of drug-likeness (QED) is 0.395. The summed E-state index contributed by atoms with van der Waals surface area (Å²) in [6, 6.07) is 6.59. The van der Waals surface area contributed by atoms with E-state index in [1.807, 2.05) is 12.1 Å². The van der Waals surface area contributed by atoms with E-state index in [2.05, 4.69) is 40.7 Å². The molecule has 1 aromatic carbocycles. The van der Waals surface area contributed by atoms with Crippen molar-refractivity contribution in [3.63, 3.8) is 0 Å². The van der Waals surface area contributed by atoms with E-state index in [-0.39, 0.29) is 4.90 Å².